The van der Waals surface area contributed by atoms with Gasteiger partial charge < -0.3 is 4.74 Å². The van der Waals surface area contributed by atoms with Crippen molar-refractivity contribution in [3.63, 3.8) is 0 Å². The first-order valence-electron chi connectivity index (χ1n) is 6.57. The largest absolute Gasteiger partial charge is 0.423 e. The van der Waals surface area contributed by atoms with Gasteiger partial charge in [0, 0.05) is 6.92 Å². The van der Waals surface area contributed by atoms with Gasteiger partial charge in [0.2, 0.25) is 0 Å². The van der Waals surface area contributed by atoms with Crippen molar-refractivity contribution in [1.82, 2.24) is 0 Å². The van der Waals surface area contributed by atoms with Gasteiger partial charge in [-0.05, 0) is 25.1 Å². The summed E-state index contributed by atoms with van der Waals surface area (Å²) < 4.78 is 32.0. The molecule has 0 aliphatic carbocycles. The Labute approximate surface area is 154 Å². The molecule has 0 aromatic heterocycles. The van der Waals surface area contributed by atoms with Crippen molar-refractivity contribution in [1.29, 1.82) is 0 Å². The molecule has 0 unspecified atom stereocenters. The number of anilines is 1. The average molecular weight is 409 g/mol. The summed E-state index contributed by atoms with van der Waals surface area (Å²) in [5.41, 5.74) is 0.895. The zero-order valence-electron chi connectivity index (χ0n) is 12.6. The van der Waals surface area contributed by atoms with E-state index in [9.17, 15) is 13.2 Å². The van der Waals surface area contributed by atoms with Crippen LogP contribution in [0.4, 0.5) is 5.69 Å². The molecule has 0 spiro atoms. The molecule has 9 heteroatoms. The smallest absolute Gasteiger partial charge is 0.308 e. The van der Waals surface area contributed by atoms with Gasteiger partial charge >= 0.3 is 5.97 Å². The van der Waals surface area contributed by atoms with Crippen LogP contribution >= 0.6 is 34.8 Å². The fourth-order valence-electron chi connectivity index (χ4n) is 1.81. The highest BCUT2D eigenvalue weighted by Gasteiger charge is 2.21. The third kappa shape index (κ3) is 4.13. The Morgan fingerprint density at radius 1 is 1.08 bits per heavy atom. The van der Waals surface area contributed by atoms with Crippen LogP contribution in [0.3, 0.4) is 0 Å². The van der Waals surface area contributed by atoms with Crippen molar-refractivity contribution in [3.05, 3.63) is 51.0 Å². The topological polar surface area (TPSA) is 72.5 Å². The van der Waals surface area contributed by atoms with Crippen LogP contribution in [0.1, 0.15) is 12.5 Å². The molecule has 2 rings (SSSR count). The van der Waals surface area contributed by atoms with E-state index in [2.05, 4.69) is 4.72 Å². The minimum absolute atomic E-state index is 0.0249. The summed E-state index contributed by atoms with van der Waals surface area (Å²) in [5.74, 6) is -0.767. The van der Waals surface area contributed by atoms with Crippen LogP contribution in [0.25, 0.3) is 0 Å². The third-order valence-corrected chi connectivity index (χ3v) is 5.45. The maximum absolute atomic E-state index is 12.4. The fourth-order valence-corrected chi connectivity index (χ4v) is 3.65. The minimum Gasteiger partial charge on any atom is -0.423 e. The molecule has 0 amide bonds. The Balaban J connectivity index is 2.43. The van der Waals surface area contributed by atoms with Gasteiger partial charge in [0.25, 0.3) is 10.0 Å². The van der Waals surface area contributed by atoms with Gasteiger partial charge in [-0.25, -0.2) is 8.42 Å². The summed E-state index contributed by atoms with van der Waals surface area (Å²) in [5, 5.41) is -0.352. The summed E-state index contributed by atoms with van der Waals surface area (Å²) in [4.78, 5) is 11.1. The predicted octanol–water partition coefficient (Wildman–Crippen LogP) is 4.68. The van der Waals surface area contributed by atoms with Crippen LogP contribution in [0.5, 0.6) is 5.75 Å². The lowest BCUT2D eigenvalue weighted by molar-refractivity contribution is -0.131. The Kier molecular flexibility index (Phi) is 5.65. The molecule has 0 aliphatic rings. The summed E-state index contributed by atoms with van der Waals surface area (Å²) in [6.45, 7) is 3.02. The second-order valence-electron chi connectivity index (χ2n) is 4.88. The number of hydrogen-bond donors (Lipinski definition) is 1. The number of halogens is 3. The van der Waals surface area contributed by atoms with Gasteiger partial charge in [0.05, 0.1) is 20.6 Å². The van der Waals surface area contributed by atoms with Gasteiger partial charge in [-0.1, -0.05) is 52.5 Å². The maximum atomic E-state index is 12.4. The van der Waals surface area contributed by atoms with Crippen molar-refractivity contribution in [3.8, 4) is 5.75 Å². The molecule has 5 nitrogen and oxygen atoms in total. The third-order valence-electron chi connectivity index (χ3n) is 2.94. The standard InChI is InChI=1S/C15H12Cl3NO4S/c1-8-3-5-10(6-4-8)24(21,22)19-12-7-11(16)15(23-9(2)20)14(18)13(12)17/h3-7,19H,1-2H3. The first kappa shape index (κ1) is 18.9. The van der Waals surface area contributed by atoms with E-state index in [1.807, 2.05) is 6.92 Å². The Bertz CT molecular complexity index is 896. The van der Waals surface area contributed by atoms with E-state index in [4.69, 9.17) is 39.5 Å². The molecule has 0 heterocycles. The van der Waals surface area contributed by atoms with Crippen LogP contribution in [0, 0.1) is 6.92 Å². The van der Waals surface area contributed by atoms with E-state index >= 15 is 0 Å². The zero-order chi connectivity index (χ0) is 18.1. The minimum atomic E-state index is -3.88. The molecule has 0 saturated carbocycles. The molecule has 0 atom stereocenters. The second kappa shape index (κ2) is 7.19. The van der Waals surface area contributed by atoms with Gasteiger partial charge in [0.1, 0.15) is 5.02 Å². The van der Waals surface area contributed by atoms with Crippen molar-refractivity contribution < 1.29 is 17.9 Å². The lowest BCUT2D eigenvalue weighted by Gasteiger charge is -2.14. The molecule has 0 radical (unpaired) electrons. The average Bonchev–Trinajstić information content (AvgIpc) is 2.49. The number of benzene rings is 2. The van der Waals surface area contributed by atoms with Gasteiger partial charge in [-0.15, -0.1) is 0 Å². The van der Waals surface area contributed by atoms with Gasteiger partial charge in [-0.3, -0.25) is 9.52 Å². The van der Waals surface area contributed by atoms with Crippen LogP contribution in [-0.2, 0) is 14.8 Å². The molecule has 0 fully saturated rings. The predicted molar refractivity (Wildman–Crippen MR) is 94.8 cm³/mol. The highest BCUT2D eigenvalue weighted by Crippen LogP contribution is 2.43. The van der Waals surface area contributed by atoms with E-state index in [0.717, 1.165) is 5.56 Å². The number of esters is 1. The number of nitrogens with one attached hydrogen (secondary N) is 1. The summed E-state index contributed by atoms with van der Waals surface area (Å²) >= 11 is 18.1. The van der Waals surface area contributed by atoms with E-state index < -0.39 is 16.0 Å². The highest BCUT2D eigenvalue weighted by atomic mass is 35.5. The number of hydrogen-bond acceptors (Lipinski definition) is 4. The molecule has 128 valence electrons. The molecule has 0 bridgehead atoms. The molecule has 1 N–H and O–H groups in total. The van der Waals surface area contributed by atoms with Crippen LogP contribution in [0.15, 0.2) is 35.2 Å². The van der Waals surface area contributed by atoms with Crippen molar-refractivity contribution in [2.45, 2.75) is 18.7 Å². The number of rotatable bonds is 4. The van der Waals surface area contributed by atoms with Gasteiger partial charge in [-0.2, -0.15) is 0 Å². The number of carbonyl (C=O) groups is 1. The molecule has 24 heavy (non-hydrogen) atoms. The number of ether oxygens (including phenoxy) is 1. The molecular formula is C15H12Cl3NO4S. The lowest BCUT2D eigenvalue weighted by atomic mass is 10.2. The van der Waals surface area contributed by atoms with Gasteiger partial charge in [0.15, 0.2) is 5.75 Å². The van der Waals surface area contributed by atoms with Crippen LogP contribution in [-0.4, -0.2) is 14.4 Å². The van der Waals surface area contributed by atoms with Crippen molar-refractivity contribution in [2.24, 2.45) is 0 Å². The Morgan fingerprint density at radius 2 is 1.67 bits per heavy atom. The van der Waals surface area contributed by atoms with E-state index in [1.54, 1.807) is 12.1 Å². The molecular weight excluding hydrogens is 397 g/mol. The zero-order valence-corrected chi connectivity index (χ0v) is 15.6. The second-order valence-corrected chi connectivity index (χ2v) is 7.72. The highest BCUT2D eigenvalue weighted by molar-refractivity contribution is 7.92. The maximum Gasteiger partial charge on any atom is 0.308 e. The molecule has 2 aromatic rings. The monoisotopic (exact) mass is 407 g/mol. The number of aryl methyl sites for hydroxylation is 1. The number of carbonyl (C=O) groups excluding carboxylic acids is 1. The van der Waals surface area contributed by atoms with Crippen LogP contribution < -0.4 is 9.46 Å². The lowest BCUT2D eigenvalue weighted by Crippen LogP contribution is -2.13. The summed E-state index contributed by atoms with van der Waals surface area (Å²) in [6, 6.07) is 7.48. The first-order valence-corrected chi connectivity index (χ1v) is 9.19. The normalized spacial score (nSPS) is 11.2. The fraction of sp³-hybridized carbons (Fsp3) is 0.133. The Hall–Kier alpha value is -1.47. The van der Waals surface area contributed by atoms with E-state index in [1.165, 1.54) is 25.1 Å². The number of sulfonamides is 1. The van der Waals surface area contributed by atoms with E-state index in [-0.39, 0.29) is 31.4 Å². The SMILES string of the molecule is CC(=O)Oc1c(Cl)cc(NS(=O)(=O)c2ccc(C)cc2)c(Cl)c1Cl. The Morgan fingerprint density at radius 3 is 2.21 bits per heavy atom. The molecule has 0 aliphatic heterocycles. The molecule has 2 aromatic carbocycles. The summed E-state index contributed by atoms with van der Waals surface area (Å²) in [6.07, 6.45) is 0. The summed E-state index contributed by atoms with van der Waals surface area (Å²) in [7, 11) is -3.88. The van der Waals surface area contributed by atoms with Crippen molar-refractivity contribution >= 4 is 56.5 Å². The van der Waals surface area contributed by atoms with Crippen molar-refractivity contribution in [2.75, 3.05) is 4.72 Å². The molecule has 0 saturated heterocycles. The quantitative estimate of drug-likeness (QED) is 0.453. The van der Waals surface area contributed by atoms with Crippen LogP contribution in [0.2, 0.25) is 15.1 Å². The van der Waals surface area contributed by atoms with E-state index in [0.29, 0.717) is 0 Å². The first-order chi connectivity index (χ1) is 11.1.